The molecule has 3 aromatic rings. The van der Waals surface area contributed by atoms with Crippen LogP contribution in [0.25, 0.3) is 22.3 Å². The summed E-state index contributed by atoms with van der Waals surface area (Å²) >= 11 is 0. The van der Waals surface area contributed by atoms with Crippen molar-refractivity contribution in [3.63, 3.8) is 0 Å². The Morgan fingerprint density at radius 3 is 1.85 bits per heavy atom. The Morgan fingerprint density at radius 1 is 0.707 bits per heavy atom. The number of hydrogen-bond donors (Lipinski definition) is 0. The molecule has 0 heterocycles. The smallest absolute Gasteiger partial charge is 0.125 e. The lowest BCUT2D eigenvalue weighted by Crippen LogP contribution is -2.12. The predicted octanol–water partition coefficient (Wildman–Crippen LogP) is 11.7. The molecule has 4 rings (SSSR count). The highest BCUT2D eigenvalue weighted by Gasteiger charge is 2.19. The second-order valence-corrected chi connectivity index (χ2v) is 12.7. The van der Waals surface area contributed by atoms with Crippen LogP contribution < -0.4 is 4.74 Å². The average Bonchev–Trinajstić information content (AvgIpc) is 3.02. The summed E-state index contributed by atoms with van der Waals surface area (Å²) < 4.78 is 6.56. The Bertz CT molecular complexity index is 1190. The van der Waals surface area contributed by atoms with E-state index in [0.717, 1.165) is 55.8 Å². The van der Waals surface area contributed by atoms with Crippen molar-refractivity contribution in [1.82, 2.24) is 0 Å². The van der Waals surface area contributed by atoms with Crippen LogP contribution in [0.15, 0.2) is 54.6 Å². The van der Waals surface area contributed by atoms with Crippen LogP contribution in [0.5, 0.6) is 5.75 Å². The second kappa shape index (κ2) is 15.6. The normalized spacial score (nSPS) is 17.2. The highest BCUT2D eigenvalue weighted by molar-refractivity contribution is 5.75. The summed E-state index contributed by atoms with van der Waals surface area (Å²) in [6.45, 7) is 14.7. The molecule has 3 aromatic carbocycles. The van der Waals surface area contributed by atoms with Gasteiger partial charge in [-0.15, -0.1) is 0 Å². The van der Waals surface area contributed by atoms with E-state index in [9.17, 15) is 0 Å². The van der Waals surface area contributed by atoms with Crippen LogP contribution in [0.1, 0.15) is 115 Å². The van der Waals surface area contributed by atoms with Gasteiger partial charge in [0.2, 0.25) is 0 Å². The summed E-state index contributed by atoms with van der Waals surface area (Å²) in [7, 11) is 0. The molecular weight excluding hydrogens is 496 g/mol. The minimum Gasteiger partial charge on any atom is -0.493 e. The number of hydrogen-bond acceptors (Lipinski definition) is 1. The first-order chi connectivity index (χ1) is 20.0. The molecule has 0 saturated heterocycles. The van der Waals surface area contributed by atoms with Gasteiger partial charge in [0, 0.05) is 0 Å². The van der Waals surface area contributed by atoms with Gasteiger partial charge in [-0.1, -0.05) is 129 Å². The van der Waals surface area contributed by atoms with Crippen LogP contribution in [-0.4, -0.2) is 6.61 Å². The molecule has 0 spiro atoms. The maximum absolute atomic E-state index is 6.56. The van der Waals surface area contributed by atoms with Crippen molar-refractivity contribution in [2.75, 3.05) is 6.61 Å². The maximum atomic E-state index is 6.56. The minimum atomic E-state index is 0.760. The van der Waals surface area contributed by atoms with Gasteiger partial charge >= 0.3 is 0 Å². The molecule has 0 N–H and O–H groups in total. The molecule has 0 radical (unpaired) electrons. The van der Waals surface area contributed by atoms with E-state index < -0.39 is 0 Å². The quantitative estimate of drug-likeness (QED) is 0.193. The molecule has 0 atom stereocenters. The van der Waals surface area contributed by atoms with E-state index in [4.69, 9.17) is 4.74 Å². The third-order valence-corrected chi connectivity index (χ3v) is 10.0. The number of rotatable bonds is 14. The molecule has 0 aromatic heterocycles. The van der Waals surface area contributed by atoms with Gasteiger partial charge in [-0.05, 0) is 107 Å². The molecule has 1 heteroatoms. The topological polar surface area (TPSA) is 9.23 Å². The summed E-state index contributed by atoms with van der Waals surface area (Å²) in [5.74, 6) is 3.80. The van der Waals surface area contributed by atoms with E-state index in [1.54, 1.807) is 0 Å². The molecule has 0 amide bonds. The Balaban J connectivity index is 1.49. The Labute approximate surface area is 252 Å². The fourth-order valence-electron chi connectivity index (χ4n) is 7.02. The second-order valence-electron chi connectivity index (χ2n) is 12.7. The Kier molecular flexibility index (Phi) is 12.0. The van der Waals surface area contributed by atoms with Crippen LogP contribution in [0, 0.1) is 17.8 Å². The lowest BCUT2D eigenvalue weighted by atomic mass is 9.80. The highest BCUT2D eigenvalue weighted by Crippen LogP contribution is 2.38. The first-order valence-corrected chi connectivity index (χ1v) is 17.0. The lowest BCUT2D eigenvalue weighted by molar-refractivity contribution is 0.267. The molecule has 0 aliphatic heterocycles. The lowest BCUT2D eigenvalue weighted by Gasteiger charge is -2.26. The number of ether oxygens (including phenoxy) is 1. The number of aryl methyl sites for hydroxylation is 2. The first-order valence-electron chi connectivity index (χ1n) is 17.0. The monoisotopic (exact) mass is 552 g/mol. The van der Waals surface area contributed by atoms with E-state index in [0.29, 0.717) is 0 Å². The molecule has 0 unspecified atom stereocenters. The van der Waals surface area contributed by atoms with Crippen molar-refractivity contribution in [2.45, 2.75) is 119 Å². The van der Waals surface area contributed by atoms with Crippen LogP contribution >= 0.6 is 0 Å². The van der Waals surface area contributed by atoms with E-state index >= 15 is 0 Å². The SMILES string of the molecule is CCc1cc(-c2ccc(-c3ccc(CCC4CCC(C)CC4)cc3)cc2)c(CC)c(CC)c1OCCC(CC)CC. The van der Waals surface area contributed by atoms with Gasteiger partial charge in [0.25, 0.3) is 0 Å². The van der Waals surface area contributed by atoms with Gasteiger partial charge in [0.15, 0.2) is 0 Å². The molecule has 1 fully saturated rings. The zero-order chi connectivity index (χ0) is 29.2. The van der Waals surface area contributed by atoms with Crippen molar-refractivity contribution in [3.05, 3.63) is 76.9 Å². The van der Waals surface area contributed by atoms with Gasteiger partial charge in [0.1, 0.15) is 5.75 Å². The van der Waals surface area contributed by atoms with Crippen molar-refractivity contribution in [3.8, 4) is 28.0 Å². The molecule has 0 bridgehead atoms. The van der Waals surface area contributed by atoms with Crippen molar-refractivity contribution in [1.29, 1.82) is 0 Å². The molecule has 1 aliphatic carbocycles. The van der Waals surface area contributed by atoms with Crippen molar-refractivity contribution in [2.24, 2.45) is 17.8 Å². The maximum Gasteiger partial charge on any atom is 0.125 e. The predicted molar refractivity (Wildman–Crippen MR) is 179 cm³/mol. The third kappa shape index (κ3) is 8.06. The fourth-order valence-corrected chi connectivity index (χ4v) is 7.02. The molecule has 41 heavy (non-hydrogen) atoms. The zero-order valence-electron chi connectivity index (χ0n) is 27.0. The van der Waals surface area contributed by atoms with Gasteiger partial charge in [-0.2, -0.15) is 0 Å². The molecule has 1 aliphatic rings. The fraction of sp³-hybridized carbons (Fsp3) is 0.550. The molecular formula is C40H56O. The van der Waals surface area contributed by atoms with Crippen molar-refractivity contribution >= 4 is 0 Å². The van der Waals surface area contributed by atoms with Gasteiger partial charge in [0.05, 0.1) is 6.61 Å². The Hall–Kier alpha value is -2.54. The average molecular weight is 553 g/mol. The standard InChI is InChI=1S/C40H56O/c1-7-30(8-2)26-27-41-40-33(9-3)28-39(37(10-4)38(40)11-5)36-24-22-35(23-25-36)34-20-18-32(19-21-34)17-16-31-14-12-29(6)13-15-31/h18-25,28-31H,7-17,26-27H2,1-6H3. The summed E-state index contributed by atoms with van der Waals surface area (Å²) in [6.07, 6.45) is 14.9. The molecule has 1 nitrogen and oxygen atoms in total. The summed E-state index contributed by atoms with van der Waals surface area (Å²) in [5, 5.41) is 0. The van der Waals surface area contributed by atoms with Crippen LogP contribution in [0.2, 0.25) is 0 Å². The number of benzene rings is 3. The van der Waals surface area contributed by atoms with Crippen molar-refractivity contribution < 1.29 is 4.74 Å². The first kappa shape index (κ1) is 31.4. The van der Waals surface area contributed by atoms with E-state index in [-0.39, 0.29) is 0 Å². The largest absolute Gasteiger partial charge is 0.493 e. The van der Waals surface area contributed by atoms with E-state index in [1.807, 2.05) is 0 Å². The third-order valence-electron chi connectivity index (χ3n) is 10.0. The van der Waals surface area contributed by atoms with E-state index in [1.165, 1.54) is 95.9 Å². The zero-order valence-corrected chi connectivity index (χ0v) is 27.0. The highest BCUT2D eigenvalue weighted by atomic mass is 16.5. The summed E-state index contributed by atoms with van der Waals surface area (Å²) in [6, 6.07) is 21.0. The van der Waals surface area contributed by atoms with Gasteiger partial charge < -0.3 is 4.74 Å². The van der Waals surface area contributed by atoms with Gasteiger partial charge in [-0.3, -0.25) is 0 Å². The Morgan fingerprint density at radius 2 is 1.29 bits per heavy atom. The van der Waals surface area contributed by atoms with E-state index in [2.05, 4.69) is 96.1 Å². The summed E-state index contributed by atoms with van der Waals surface area (Å²) in [5.41, 5.74) is 11.0. The van der Waals surface area contributed by atoms with Crippen LogP contribution in [-0.2, 0) is 25.7 Å². The van der Waals surface area contributed by atoms with Gasteiger partial charge in [-0.25, -0.2) is 0 Å². The molecule has 222 valence electrons. The molecule has 1 saturated carbocycles. The minimum absolute atomic E-state index is 0.760. The van der Waals surface area contributed by atoms with Crippen LogP contribution in [0.3, 0.4) is 0 Å². The summed E-state index contributed by atoms with van der Waals surface area (Å²) in [4.78, 5) is 0. The van der Waals surface area contributed by atoms with Crippen LogP contribution in [0.4, 0.5) is 0 Å².